The molecule has 1 heterocycles. The average Bonchev–Trinajstić information content (AvgIpc) is 3.15. The molecule has 0 atom stereocenters. The summed E-state index contributed by atoms with van der Waals surface area (Å²) in [5, 5.41) is 12.1. The van der Waals surface area contributed by atoms with Gasteiger partial charge in [0.2, 0.25) is 5.91 Å². The number of nitrogens with one attached hydrogen (secondary N) is 1. The molecule has 0 saturated carbocycles. The topological polar surface area (TPSA) is 78.3 Å². The van der Waals surface area contributed by atoms with E-state index in [1.54, 1.807) is 20.3 Å². The summed E-state index contributed by atoms with van der Waals surface area (Å²) in [5.41, 5.74) is 1.56. The van der Waals surface area contributed by atoms with Crippen LogP contribution in [0, 0.1) is 0 Å². The number of hydrogen-bond donors (Lipinski definition) is 1. The first-order valence-electron chi connectivity index (χ1n) is 8.79. The largest absolute Gasteiger partial charge is 0.497 e. The summed E-state index contributed by atoms with van der Waals surface area (Å²) in [4.78, 5) is 12.3. The van der Waals surface area contributed by atoms with E-state index in [2.05, 4.69) is 15.5 Å². The van der Waals surface area contributed by atoms with Crippen molar-refractivity contribution < 1.29 is 14.3 Å². The van der Waals surface area contributed by atoms with Crippen molar-refractivity contribution in [2.75, 3.05) is 25.3 Å². The molecule has 1 N–H and O–H groups in total. The first-order chi connectivity index (χ1) is 13.7. The minimum atomic E-state index is -0.122. The Labute approximate surface area is 168 Å². The van der Waals surface area contributed by atoms with Crippen LogP contribution in [0.25, 0.3) is 11.4 Å². The van der Waals surface area contributed by atoms with Gasteiger partial charge in [-0.3, -0.25) is 4.79 Å². The summed E-state index contributed by atoms with van der Waals surface area (Å²) >= 11 is 1.34. The lowest BCUT2D eigenvalue weighted by atomic mass is 10.2. The van der Waals surface area contributed by atoms with Crippen LogP contribution in [0.4, 0.5) is 5.69 Å². The molecule has 3 aromatic rings. The predicted octanol–water partition coefficient (Wildman–Crippen LogP) is 3.71. The molecule has 3 rings (SSSR count). The highest BCUT2D eigenvalue weighted by molar-refractivity contribution is 7.99. The molecule has 8 heteroatoms. The highest BCUT2D eigenvalue weighted by atomic mass is 32.2. The minimum Gasteiger partial charge on any atom is -0.497 e. The molecule has 0 aliphatic heterocycles. The second kappa shape index (κ2) is 9.27. The third kappa shape index (κ3) is 4.45. The Morgan fingerprint density at radius 2 is 1.93 bits per heavy atom. The number of nitrogens with zero attached hydrogens (tertiary/aromatic N) is 3. The lowest BCUT2D eigenvalue weighted by molar-refractivity contribution is -0.113. The van der Waals surface area contributed by atoms with Gasteiger partial charge in [0.1, 0.15) is 11.5 Å². The third-order valence-electron chi connectivity index (χ3n) is 4.07. The number of para-hydroxylation sites is 1. The van der Waals surface area contributed by atoms with E-state index in [0.717, 1.165) is 17.1 Å². The molecular weight excluding hydrogens is 376 g/mol. The van der Waals surface area contributed by atoms with Crippen LogP contribution in [0.5, 0.6) is 11.5 Å². The molecule has 0 bridgehead atoms. The molecule has 1 amide bonds. The van der Waals surface area contributed by atoms with E-state index in [1.165, 1.54) is 11.8 Å². The van der Waals surface area contributed by atoms with E-state index in [9.17, 15) is 4.79 Å². The number of anilines is 1. The Morgan fingerprint density at radius 1 is 1.11 bits per heavy atom. The smallest absolute Gasteiger partial charge is 0.234 e. The van der Waals surface area contributed by atoms with Crippen molar-refractivity contribution in [1.29, 1.82) is 0 Å². The number of thioether (sulfide) groups is 1. The Kier molecular flexibility index (Phi) is 6.54. The number of methoxy groups -OCH3 is 2. The van der Waals surface area contributed by atoms with Crippen LogP contribution in [0.2, 0.25) is 0 Å². The van der Waals surface area contributed by atoms with Gasteiger partial charge in [0.15, 0.2) is 11.0 Å². The highest BCUT2D eigenvalue weighted by Crippen LogP contribution is 2.30. The van der Waals surface area contributed by atoms with Gasteiger partial charge in [-0.2, -0.15) is 0 Å². The van der Waals surface area contributed by atoms with Gasteiger partial charge in [0.05, 0.1) is 25.5 Å². The van der Waals surface area contributed by atoms with Crippen molar-refractivity contribution in [3.8, 4) is 22.9 Å². The third-order valence-corrected chi connectivity index (χ3v) is 5.03. The van der Waals surface area contributed by atoms with E-state index in [-0.39, 0.29) is 11.7 Å². The van der Waals surface area contributed by atoms with Crippen LogP contribution >= 0.6 is 11.8 Å². The molecule has 0 saturated heterocycles. The monoisotopic (exact) mass is 398 g/mol. The number of ether oxygens (including phenoxy) is 2. The predicted molar refractivity (Wildman–Crippen MR) is 110 cm³/mol. The van der Waals surface area contributed by atoms with Crippen LogP contribution in [0.15, 0.2) is 53.7 Å². The van der Waals surface area contributed by atoms with Gasteiger partial charge in [-0.05, 0) is 31.2 Å². The van der Waals surface area contributed by atoms with Gasteiger partial charge < -0.3 is 19.4 Å². The van der Waals surface area contributed by atoms with Gasteiger partial charge in [-0.1, -0.05) is 30.0 Å². The molecule has 0 spiro atoms. The number of aromatic nitrogens is 3. The molecule has 146 valence electrons. The number of carbonyl (C=O) groups excluding carboxylic acids is 1. The van der Waals surface area contributed by atoms with Crippen LogP contribution < -0.4 is 14.8 Å². The molecule has 0 radical (unpaired) electrons. The van der Waals surface area contributed by atoms with Crippen molar-refractivity contribution in [3.05, 3.63) is 48.5 Å². The first kappa shape index (κ1) is 19.8. The highest BCUT2D eigenvalue weighted by Gasteiger charge is 2.17. The summed E-state index contributed by atoms with van der Waals surface area (Å²) < 4.78 is 12.6. The zero-order valence-electron chi connectivity index (χ0n) is 16.0. The van der Waals surface area contributed by atoms with E-state index >= 15 is 0 Å². The summed E-state index contributed by atoms with van der Waals surface area (Å²) in [7, 11) is 3.22. The molecule has 1 aromatic heterocycles. The number of rotatable bonds is 8. The SMILES string of the molecule is CCn1c(SCC(=O)Nc2cccc(OC)c2)nnc1-c1ccccc1OC. The maximum Gasteiger partial charge on any atom is 0.234 e. The molecular formula is C20H22N4O3S. The molecule has 7 nitrogen and oxygen atoms in total. The molecule has 0 unspecified atom stereocenters. The van der Waals surface area contributed by atoms with Crippen molar-refractivity contribution in [3.63, 3.8) is 0 Å². The van der Waals surface area contributed by atoms with Gasteiger partial charge in [0, 0.05) is 18.3 Å². The van der Waals surface area contributed by atoms with Crippen LogP contribution in [0.1, 0.15) is 6.92 Å². The summed E-state index contributed by atoms with van der Waals surface area (Å²) in [6.07, 6.45) is 0. The van der Waals surface area contributed by atoms with Crippen molar-refractivity contribution in [1.82, 2.24) is 14.8 Å². The number of benzene rings is 2. The van der Waals surface area contributed by atoms with Crippen molar-refractivity contribution >= 4 is 23.4 Å². The minimum absolute atomic E-state index is 0.122. The lowest BCUT2D eigenvalue weighted by Crippen LogP contribution is -2.14. The first-order valence-corrected chi connectivity index (χ1v) is 9.78. The number of hydrogen-bond acceptors (Lipinski definition) is 6. The Bertz CT molecular complexity index is 958. The average molecular weight is 398 g/mol. The zero-order valence-corrected chi connectivity index (χ0v) is 16.8. The molecule has 0 aliphatic carbocycles. The van der Waals surface area contributed by atoms with Gasteiger partial charge in [0.25, 0.3) is 0 Å². The van der Waals surface area contributed by atoms with Gasteiger partial charge in [-0.15, -0.1) is 10.2 Å². The van der Waals surface area contributed by atoms with Crippen molar-refractivity contribution in [2.45, 2.75) is 18.6 Å². The maximum atomic E-state index is 12.3. The Balaban J connectivity index is 1.71. The van der Waals surface area contributed by atoms with Gasteiger partial charge >= 0.3 is 0 Å². The fourth-order valence-corrected chi connectivity index (χ4v) is 3.54. The summed E-state index contributed by atoms with van der Waals surface area (Å²) in [6.45, 7) is 2.70. The fraction of sp³-hybridized carbons (Fsp3) is 0.250. The summed E-state index contributed by atoms with van der Waals surface area (Å²) in [5.74, 6) is 2.24. The van der Waals surface area contributed by atoms with E-state index in [0.29, 0.717) is 23.1 Å². The second-order valence-corrected chi connectivity index (χ2v) is 6.76. The van der Waals surface area contributed by atoms with Gasteiger partial charge in [-0.25, -0.2) is 0 Å². The molecule has 28 heavy (non-hydrogen) atoms. The van der Waals surface area contributed by atoms with Crippen LogP contribution in [-0.2, 0) is 11.3 Å². The number of amides is 1. The lowest BCUT2D eigenvalue weighted by Gasteiger charge is -2.10. The molecule has 2 aromatic carbocycles. The maximum absolute atomic E-state index is 12.3. The van der Waals surface area contributed by atoms with E-state index in [1.807, 2.05) is 54.0 Å². The summed E-state index contributed by atoms with van der Waals surface area (Å²) in [6, 6.07) is 14.9. The van der Waals surface area contributed by atoms with Crippen LogP contribution in [0.3, 0.4) is 0 Å². The second-order valence-electron chi connectivity index (χ2n) is 5.82. The van der Waals surface area contributed by atoms with Crippen LogP contribution in [-0.4, -0.2) is 40.6 Å². The normalized spacial score (nSPS) is 10.5. The Morgan fingerprint density at radius 3 is 2.68 bits per heavy atom. The fourth-order valence-electron chi connectivity index (χ4n) is 2.74. The standard InChI is InChI=1S/C20H22N4O3S/c1-4-24-19(16-10-5-6-11-17(16)27-3)22-23-20(24)28-13-18(25)21-14-8-7-9-15(12-14)26-2/h5-12H,4,13H2,1-3H3,(H,21,25). The quantitative estimate of drug-likeness (QED) is 0.583. The number of carbonyl (C=O) groups is 1. The van der Waals surface area contributed by atoms with Crippen molar-refractivity contribution in [2.24, 2.45) is 0 Å². The Hall–Kier alpha value is -3.00. The van der Waals surface area contributed by atoms with E-state index in [4.69, 9.17) is 9.47 Å². The molecule has 0 fully saturated rings. The zero-order chi connectivity index (χ0) is 19.9. The van der Waals surface area contributed by atoms with E-state index < -0.39 is 0 Å². The molecule has 0 aliphatic rings.